The Morgan fingerprint density at radius 3 is 2.55 bits per heavy atom. The lowest BCUT2D eigenvalue weighted by molar-refractivity contribution is 0.215. The highest BCUT2D eigenvalue weighted by Crippen LogP contribution is 2.18. The van der Waals surface area contributed by atoms with Gasteiger partial charge in [-0.15, -0.1) is 0 Å². The van der Waals surface area contributed by atoms with E-state index < -0.39 is 6.09 Å². The van der Waals surface area contributed by atoms with E-state index in [1.807, 2.05) is 25.1 Å². The summed E-state index contributed by atoms with van der Waals surface area (Å²) < 4.78 is 5.16. The average Bonchev–Trinajstić information content (AvgIpc) is 2.42. The summed E-state index contributed by atoms with van der Waals surface area (Å²) in [6.07, 6.45) is -0.556. The first kappa shape index (κ1) is 14.0. The molecule has 2 aromatic rings. The summed E-state index contributed by atoms with van der Waals surface area (Å²) in [5, 5.41) is 2.68. The fourth-order valence-electron chi connectivity index (χ4n) is 1.64. The summed E-state index contributed by atoms with van der Waals surface area (Å²) in [5.41, 5.74) is 7.79. The molecule has 0 aliphatic heterocycles. The zero-order chi connectivity index (χ0) is 14.5. The molecule has 0 aromatic heterocycles. The van der Waals surface area contributed by atoms with Crippen molar-refractivity contribution in [3.8, 4) is 5.75 Å². The number of carbonyl (C=O) groups excluding carboxylic acids is 1. The van der Waals surface area contributed by atoms with Crippen LogP contribution in [0.2, 0.25) is 0 Å². The molecule has 0 heterocycles. The summed E-state index contributed by atoms with van der Waals surface area (Å²) >= 11 is 4.92. The van der Waals surface area contributed by atoms with E-state index in [-0.39, 0.29) is 4.99 Å². The molecule has 0 saturated heterocycles. The third-order valence-corrected chi connectivity index (χ3v) is 2.95. The summed E-state index contributed by atoms with van der Waals surface area (Å²) in [6, 6.07) is 14.2. The molecular weight excluding hydrogens is 272 g/mol. The van der Waals surface area contributed by atoms with Gasteiger partial charge in [0.2, 0.25) is 0 Å². The van der Waals surface area contributed by atoms with Gasteiger partial charge in [0, 0.05) is 11.3 Å². The van der Waals surface area contributed by atoms with E-state index in [1.54, 1.807) is 30.3 Å². The van der Waals surface area contributed by atoms with Crippen LogP contribution >= 0.6 is 12.2 Å². The van der Waals surface area contributed by atoms with Crippen LogP contribution in [0.1, 0.15) is 11.1 Å². The van der Waals surface area contributed by atoms with Gasteiger partial charge in [-0.2, -0.15) is 0 Å². The number of rotatable bonds is 3. The lowest BCUT2D eigenvalue weighted by Crippen LogP contribution is -2.18. The van der Waals surface area contributed by atoms with E-state index in [9.17, 15) is 4.79 Å². The fourth-order valence-corrected chi connectivity index (χ4v) is 1.77. The number of hydrogen-bond acceptors (Lipinski definition) is 3. The standard InChI is InChI=1S/C15H14N2O2S/c1-10-7-8-11(14(16)20)9-13(10)17-15(18)19-12-5-3-2-4-6-12/h2-9H,1H3,(H2,16,20)(H,17,18). The quantitative estimate of drug-likeness (QED) is 0.850. The molecule has 0 saturated carbocycles. The van der Waals surface area contributed by atoms with Gasteiger partial charge in [-0.05, 0) is 30.7 Å². The molecule has 2 aromatic carbocycles. The van der Waals surface area contributed by atoms with E-state index in [4.69, 9.17) is 22.7 Å². The van der Waals surface area contributed by atoms with Crippen molar-refractivity contribution in [3.63, 3.8) is 0 Å². The third-order valence-electron chi connectivity index (χ3n) is 2.71. The molecule has 4 nitrogen and oxygen atoms in total. The van der Waals surface area contributed by atoms with E-state index in [1.165, 1.54) is 0 Å². The van der Waals surface area contributed by atoms with Gasteiger partial charge in [0.1, 0.15) is 10.7 Å². The van der Waals surface area contributed by atoms with Crippen LogP contribution in [0.4, 0.5) is 10.5 Å². The monoisotopic (exact) mass is 286 g/mol. The maximum Gasteiger partial charge on any atom is 0.417 e. The van der Waals surface area contributed by atoms with Crippen molar-refractivity contribution in [2.24, 2.45) is 5.73 Å². The number of nitrogens with one attached hydrogen (secondary N) is 1. The highest BCUT2D eigenvalue weighted by Gasteiger charge is 2.08. The van der Waals surface area contributed by atoms with Crippen molar-refractivity contribution in [3.05, 3.63) is 59.7 Å². The van der Waals surface area contributed by atoms with Crippen LogP contribution in [-0.2, 0) is 0 Å². The molecule has 2 rings (SSSR count). The lowest BCUT2D eigenvalue weighted by Gasteiger charge is -2.10. The summed E-state index contributed by atoms with van der Waals surface area (Å²) in [5.74, 6) is 0.480. The molecule has 20 heavy (non-hydrogen) atoms. The maximum absolute atomic E-state index is 11.8. The number of aryl methyl sites for hydroxylation is 1. The van der Waals surface area contributed by atoms with Gasteiger partial charge in [0.25, 0.3) is 0 Å². The Balaban J connectivity index is 2.11. The SMILES string of the molecule is Cc1ccc(C(N)=S)cc1NC(=O)Oc1ccccc1. The minimum atomic E-state index is -0.556. The molecule has 1 amide bonds. The normalized spacial score (nSPS) is 9.85. The molecule has 3 N–H and O–H groups in total. The Labute approximate surface area is 122 Å². The van der Waals surface area contributed by atoms with Gasteiger partial charge in [-0.3, -0.25) is 5.32 Å². The Morgan fingerprint density at radius 1 is 1.20 bits per heavy atom. The molecule has 0 fully saturated rings. The van der Waals surface area contributed by atoms with Crippen LogP contribution in [0.25, 0.3) is 0 Å². The number of amides is 1. The van der Waals surface area contributed by atoms with Crippen molar-refractivity contribution in [1.29, 1.82) is 0 Å². The smallest absolute Gasteiger partial charge is 0.410 e. The first-order valence-corrected chi connectivity index (χ1v) is 6.41. The van der Waals surface area contributed by atoms with Gasteiger partial charge >= 0.3 is 6.09 Å². The number of anilines is 1. The van der Waals surface area contributed by atoms with Crippen LogP contribution < -0.4 is 15.8 Å². The predicted molar refractivity (Wildman–Crippen MR) is 83.2 cm³/mol. The predicted octanol–water partition coefficient (Wildman–Crippen LogP) is 3.24. The molecule has 0 bridgehead atoms. The number of nitrogens with two attached hydrogens (primary N) is 1. The third kappa shape index (κ3) is 3.55. The molecule has 0 aliphatic rings. The second-order valence-corrected chi connectivity index (χ2v) is 4.66. The van der Waals surface area contributed by atoms with Crippen molar-refractivity contribution in [2.75, 3.05) is 5.32 Å². The van der Waals surface area contributed by atoms with E-state index in [0.29, 0.717) is 17.0 Å². The number of hydrogen-bond donors (Lipinski definition) is 2. The van der Waals surface area contributed by atoms with Gasteiger partial charge in [0.05, 0.1) is 0 Å². The summed E-state index contributed by atoms with van der Waals surface area (Å²) in [7, 11) is 0. The molecule has 0 aliphatic carbocycles. The molecule has 102 valence electrons. The van der Waals surface area contributed by atoms with Crippen molar-refractivity contribution in [2.45, 2.75) is 6.92 Å². The second-order valence-electron chi connectivity index (χ2n) is 4.22. The number of benzene rings is 2. The topological polar surface area (TPSA) is 64.3 Å². The number of para-hydroxylation sites is 1. The van der Waals surface area contributed by atoms with E-state index >= 15 is 0 Å². The van der Waals surface area contributed by atoms with Crippen LogP contribution in [0.15, 0.2) is 48.5 Å². The highest BCUT2D eigenvalue weighted by atomic mass is 32.1. The zero-order valence-electron chi connectivity index (χ0n) is 10.9. The Hall–Kier alpha value is -2.40. The lowest BCUT2D eigenvalue weighted by atomic mass is 10.1. The zero-order valence-corrected chi connectivity index (χ0v) is 11.7. The number of ether oxygens (including phenoxy) is 1. The summed E-state index contributed by atoms with van der Waals surface area (Å²) in [4.78, 5) is 12.1. The van der Waals surface area contributed by atoms with Crippen LogP contribution in [0, 0.1) is 6.92 Å². The Morgan fingerprint density at radius 2 is 1.90 bits per heavy atom. The van der Waals surface area contributed by atoms with Crippen LogP contribution in [0.3, 0.4) is 0 Å². The molecular formula is C15H14N2O2S. The summed E-state index contributed by atoms with van der Waals surface area (Å²) in [6.45, 7) is 1.88. The Bertz CT molecular complexity index is 642. The first-order chi connectivity index (χ1) is 9.56. The van der Waals surface area contributed by atoms with Crippen molar-refractivity contribution >= 4 is 29.0 Å². The molecule has 0 radical (unpaired) electrons. The van der Waals surface area contributed by atoms with E-state index in [2.05, 4.69) is 5.32 Å². The minimum absolute atomic E-state index is 0.282. The average molecular weight is 286 g/mol. The van der Waals surface area contributed by atoms with Crippen molar-refractivity contribution < 1.29 is 9.53 Å². The second kappa shape index (κ2) is 6.16. The molecule has 0 atom stereocenters. The van der Waals surface area contributed by atoms with Gasteiger partial charge in [-0.1, -0.05) is 42.5 Å². The maximum atomic E-state index is 11.8. The van der Waals surface area contributed by atoms with Gasteiger partial charge in [0.15, 0.2) is 0 Å². The molecule has 0 unspecified atom stereocenters. The number of thiocarbonyl (C=S) groups is 1. The molecule has 0 spiro atoms. The largest absolute Gasteiger partial charge is 0.417 e. The highest BCUT2D eigenvalue weighted by molar-refractivity contribution is 7.80. The van der Waals surface area contributed by atoms with Crippen molar-refractivity contribution in [1.82, 2.24) is 0 Å². The minimum Gasteiger partial charge on any atom is -0.410 e. The van der Waals surface area contributed by atoms with E-state index in [0.717, 1.165) is 5.56 Å². The van der Waals surface area contributed by atoms with Crippen LogP contribution in [-0.4, -0.2) is 11.1 Å². The van der Waals surface area contributed by atoms with Gasteiger partial charge in [-0.25, -0.2) is 4.79 Å². The number of carbonyl (C=O) groups is 1. The molecule has 5 heteroatoms. The fraction of sp³-hybridized carbons (Fsp3) is 0.0667. The Kier molecular flexibility index (Phi) is 4.32. The van der Waals surface area contributed by atoms with Gasteiger partial charge < -0.3 is 10.5 Å². The first-order valence-electron chi connectivity index (χ1n) is 6.00. The van der Waals surface area contributed by atoms with Crippen LogP contribution in [0.5, 0.6) is 5.75 Å².